The third-order valence-corrected chi connectivity index (χ3v) is 5.01. The lowest BCUT2D eigenvalue weighted by Crippen LogP contribution is -2.48. The van der Waals surface area contributed by atoms with Crippen molar-refractivity contribution in [1.82, 2.24) is 14.9 Å². The van der Waals surface area contributed by atoms with Crippen molar-refractivity contribution in [3.05, 3.63) is 60.0 Å². The molecule has 0 amide bonds. The highest BCUT2D eigenvalue weighted by atomic mass is 19.4. The normalized spacial score (nSPS) is 20.9. The summed E-state index contributed by atoms with van der Waals surface area (Å²) in [7, 11) is 0. The molecule has 1 aliphatic rings. The molecule has 0 spiro atoms. The van der Waals surface area contributed by atoms with E-state index < -0.39 is 18.0 Å². The third-order valence-electron chi connectivity index (χ3n) is 5.01. The maximum absolute atomic E-state index is 13.5. The van der Waals surface area contributed by atoms with E-state index in [-0.39, 0.29) is 24.1 Å². The van der Waals surface area contributed by atoms with Crippen LogP contribution < -0.4 is 5.73 Å². The number of hydrogen-bond donors (Lipinski definition) is 2. The summed E-state index contributed by atoms with van der Waals surface area (Å²) in [6.45, 7) is 0.899. The molecule has 4 rings (SSSR count). The molecule has 0 saturated carbocycles. The number of nitrogens with two attached hydrogens (primary N) is 1. The second-order valence-electron chi connectivity index (χ2n) is 7.46. The quantitative estimate of drug-likeness (QED) is 0.704. The topological polar surface area (TPSA) is 75.3 Å². The van der Waals surface area contributed by atoms with Gasteiger partial charge in [-0.25, -0.2) is 9.97 Å². The van der Waals surface area contributed by atoms with E-state index in [0.717, 1.165) is 16.8 Å². The highest BCUT2D eigenvalue weighted by Crippen LogP contribution is 2.31. The standard InChI is InChI=1S/C21H21F3N4O/c22-21(23,24)19-9-18(15-6-5-13-3-1-2-4-14(13)7-15)26-20(27-19)12-28-10-16(25)8-17(29)11-28/h1-7,9,16-17,29H,8,10-12,25H2/t16-,17+/m0/s1. The molecule has 0 radical (unpaired) electrons. The van der Waals surface area contributed by atoms with E-state index in [9.17, 15) is 18.3 Å². The zero-order valence-corrected chi connectivity index (χ0v) is 15.6. The Labute approximate surface area is 166 Å². The number of piperidine rings is 1. The first-order valence-corrected chi connectivity index (χ1v) is 9.38. The molecular formula is C21H21F3N4O. The predicted molar refractivity (Wildman–Crippen MR) is 104 cm³/mol. The fraction of sp³-hybridized carbons (Fsp3) is 0.333. The van der Waals surface area contributed by atoms with E-state index in [4.69, 9.17) is 5.73 Å². The van der Waals surface area contributed by atoms with Crippen LogP contribution in [0.1, 0.15) is 17.9 Å². The molecule has 1 saturated heterocycles. The molecule has 0 aliphatic carbocycles. The molecule has 1 fully saturated rings. The number of nitrogens with zero attached hydrogens (tertiary/aromatic N) is 3. The van der Waals surface area contributed by atoms with E-state index >= 15 is 0 Å². The van der Waals surface area contributed by atoms with Crippen LogP contribution >= 0.6 is 0 Å². The van der Waals surface area contributed by atoms with Crippen LogP contribution in [0.3, 0.4) is 0 Å². The van der Waals surface area contributed by atoms with Gasteiger partial charge in [0.1, 0.15) is 11.5 Å². The van der Waals surface area contributed by atoms with Crippen LogP contribution in [-0.2, 0) is 12.7 Å². The number of aromatic nitrogens is 2. The molecular weight excluding hydrogens is 381 g/mol. The molecule has 8 heteroatoms. The molecule has 1 aliphatic heterocycles. The fourth-order valence-electron chi connectivity index (χ4n) is 3.74. The van der Waals surface area contributed by atoms with E-state index in [1.165, 1.54) is 0 Å². The molecule has 2 atom stereocenters. The molecule has 0 unspecified atom stereocenters. The van der Waals surface area contributed by atoms with Crippen LogP contribution in [0.2, 0.25) is 0 Å². The highest BCUT2D eigenvalue weighted by Gasteiger charge is 2.34. The van der Waals surface area contributed by atoms with Crippen LogP contribution in [0.15, 0.2) is 48.5 Å². The minimum atomic E-state index is -4.58. The van der Waals surface area contributed by atoms with Gasteiger partial charge in [0.25, 0.3) is 0 Å². The summed E-state index contributed by atoms with van der Waals surface area (Å²) in [5.41, 5.74) is 5.75. The maximum atomic E-state index is 13.5. The molecule has 2 heterocycles. The summed E-state index contributed by atoms with van der Waals surface area (Å²) in [5, 5.41) is 11.8. The van der Waals surface area contributed by atoms with Crippen molar-refractivity contribution >= 4 is 10.8 Å². The number of rotatable bonds is 3. The summed E-state index contributed by atoms with van der Waals surface area (Å²) in [6, 6.07) is 13.8. The fourth-order valence-corrected chi connectivity index (χ4v) is 3.74. The van der Waals surface area contributed by atoms with Gasteiger partial charge in [-0.15, -0.1) is 0 Å². The Hall–Kier alpha value is -2.55. The number of likely N-dealkylation sites (tertiary alicyclic amines) is 1. The largest absolute Gasteiger partial charge is 0.433 e. The molecule has 0 bridgehead atoms. The second kappa shape index (κ2) is 7.70. The number of fused-ring (bicyclic) bond motifs is 1. The van der Waals surface area contributed by atoms with Gasteiger partial charge in [-0.05, 0) is 29.3 Å². The Kier molecular flexibility index (Phi) is 5.24. The number of aliphatic hydroxyl groups is 1. The lowest BCUT2D eigenvalue weighted by molar-refractivity contribution is -0.141. The molecule has 152 valence electrons. The average Bonchev–Trinajstić information content (AvgIpc) is 2.66. The van der Waals surface area contributed by atoms with Gasteiger partial charge >= 0.3 is 6.18 Å². The minimum absolute atomic E-state index is 0.0595. The third kappa shape index (κ3) is 4.55. The second-order valence-corrected chi connectivity index (χ2v) is 7.46. The van der Waals surface area contributed by atoms with Crippen molar-refractivity contribution in [2.75, 3.05) is 13.1 Å². The smallest absolute Gasteiger partial charge is 0.392 e. The molecule has 2 aromatic carbocycles. The monoisotopic (exact) mass is 402 g/mol. The Morgan fingerprint density at radius 2 is 1.79 bits per heavy atom. The first-order chi connectivity index (χ1) is 13.8. The zero-order valence-electron chi connectivity index (χ0n) is 15.6. The lowest BCUT2D eigenvalue weighted by atomic mass is 10.0. The van der Waals surface area contributed by atoms with Crippen molar-refractivity contribution in [2.24, 2.45) is 5.73 Å². The van der Waals surface area contributed by atoms with Gasteiger partial charge in [-0.2, -0.15) is 13.2 Å². The Balaban J connectivity index is 1.72. The average molecular weight is 402 g/mol. The summed E-state index contributed by atoms with van der Waals surface area (Å²) >= 11 is 0. The van der Waals surface area contributed by atoms with Gasteiger partial charge in [0.05, 0.1) is 18.3 Å². The molecule has 29 heavy (non-hydrogen) atoms. The number of β-amino-alcohol motifs (C(OH)–C–C–N with tert-alkyl or cyclic N) is 1. The van der Waals surface area contributed by atoms with Gasteiger partial charge < -0.3 is 10.8 Å². The van der Waals surface area contributed by atoms with Gasteiger partial charge in [-0.3, -0.25) is 4.90 Å². The van der Waals surface area contributed by atoms with Crippen LogP contribution in [-0.4, -0.2) is 45.2 Å². The van der Waals surface area contributed by atoms with Gasteiger partial charge in [0.15, 0.2) is 0 Å². The highest BCUT2D eigenvalue weighted by molar-refractivity contribution is 5.86. The Morgan fingerprint density at radius 3 is 2.52 bits per heavy atom. The van der Waals surface area contributed by atoms with Crippen LogP contribution in [0.4, 0.5) is 13.2 Å². The van der Waals surface area contributed by atoms with Gasteiger partial charge in [0.2, 0.25) is 0 Å². The van der Waals surface area contributed by atoms with E-state index in [2.05, 4.69) is 9.97 Å². The van der Waals surface area contributed by atoms with E-state index in [0.29, 0.717) is 25.1 Å². The van der Waals surface area contributed by atoms with Gasteiger partial charge in [0, 0.05) is 24.7 Å². The van der Waals surface area contributed by atoms with E-state index in [1.54, 1.807) is 11.0 Å². The van der Waals surface area contributed by atoms with Crippen molar-refractivity contribution in [3.63, 3.8) is 0 Å². The number of hydrogen-bond acceptors (Lipinski definition) is 5. The van der Waals surface area contributed by atoms with Crippen LogP contribution in [0.5, 0.6) is 0 Å². The summed E-state index contributed by atoms with van der Waals surface area (Å²) in [5.74, 6) is 0.0595. The van der Waals surface area contributed by atoms with Crippen molar-refractivity contribution < 1.29 is 18.3 Å². The molecule has 3 aromatic rings. The first-order valence-electron chi connectivity index (χ1n) is 9.38. The molecule has 5 nitrogen and oxygen atoms in total. The molecule has 3 N–H and O–H groups in total. The Bertz CT molecular complexity index is 1010. The molecule has 1 aromatic heterocycles. The van der Waals surface area contributed by atoms with Crippen molar-refractivity contribution in [2.45, 2.75) is 31.3 Å². The SMILES string of the molecule is N[C@H]1C[C@@H](O)CN(Cc2nc(-c3ccc4ccccc4c3)cc(C(F)(F)F)n2)C1. The Morgan fingerprint density at radius 1 is 1.03 bits per heavy atom. The number of halogens is 3. The summed E-state index contributed by atoms with van der Waals surface area (Å²) in [6.07, 6.45) is -4.71. The van der Waals surface area contributed by atoms with Crippen LogP contribution in [0, 0.1) is 0 Å². The predicted octanol–water partition coefficient (Wildman–Crippen LogP) is 3.21. The lowest BCUT2D eigenvalue weighted by Gasteiger charge is -2.33. The first kappa shape index (κ1) is 19.8. The number of alkyl halides is 3. The van der Waals surface area contributed by atoms with Crippen molar-refractivity contribution in [3.8, 4) is 11.3 Å². The van der Waals surface area contributed by atoms with Crippen LogP contribution in [0.25, 0.3) is 22.0 Å². The van der Waals surface area contributed by atoms with Crippen molar-refractivity contribution in [1.29, 1.82) is 0 Å². The van der Waals surface area contributed by atoms with E-state index in [1.807, 2.05) is 36.4 Å². The maximum Gasteiger partial charge on any atom is 0.433 e. The summed E-state index contributed by atoms with van der Waals surface area (Å²) in [4.78, 5) is 9.92. The van der Waals surface area contributed by atoms with Gasteiger partial charge in [-0.1, -0.05) is 36.4 Å². The minimum Gasteiger partial charge on any atom is -0.392 e. The number of benzene rings is 2. The zero-order chi connectivity index (χ0) is 20.6. The summed E-state index contributed by atoms with van der Waals surface area (Å²) < 4.78 is 40.4. The number of aliphatic hydroxyl groups excluding tert-OH is 1.